The summed E-state index contributed by atoms with van der Waals surface area (Å²) < 4.78 is 5.85. The molecule has 0 saturated carbocycles. The minimum atomic E-state index is 0.0143. The Balaban J connectivity index is 1.55. The highest BCUT2D eigenvalue weighted by molar-refractivity contribution is 6.00. The first-order valence-electron chi connectivity index (χ1n) is 9.76. The Bertz CT molecular complexity index is 728. The van der Waals surface area contributed by atoms with Gasteiger partial charge in [0, 0.05) is 30.6 Å². The Morgan fingerprint density at radius 2 is 2.08 bits per heavy atom. The van der Waals surface area contributed by atoms with Gasteiger partial charge in [0.05, 0.1) is 12.2 Å². The van der Waals surface area contributed by atoms with Crippen molar-refractivity contribution in [3.8, 4) is 5.75 Å². The Labute approximate surface area is 154 Å². The molecule has 5 nitrogen and oxygen atoms in total. The van der Waals surface area contributed by atoms with Crippen LogP contribution in [0.5, 0.6) is 5.75 Å². The van der Waals surface area contributed by atoms with E-state index in [1.54, 1.807) is 6.07 Å². The number of hydrogen-bond donors (Lipinski definition) is 1. The van der Waals surface area contributed by atoms with Crippen LogP contribution in [0.1, 0.15) is 55.3 Å². The second-order valence-electron chi connectivity index (χ2n) is 7.47. The molecule has 138 valence electrons. The van der Waals surface area contributed by atoms with Crippen molar-refractivity contribution >= 4 is 17.5 Å². The zero-order valence-corrected chi connectivity index (χ0v) is 15.1. The van der Waals surface area contributed by atoms with Crippen molar-refractivity contribution in [3.63, 3.8) is 0 Å². The summed E-state index contributed by atoms with van der Waals surface area (Å²) in [5.41, 5.74) is 1.24. The number of amides is 2. The third kappa shape index (κ3) is 3.48. The maximum absolute atomic E-state index is 13.1. The van der Waals surface area contributed by atoms with Crippen molar-refractivity contribution in [2.24, 2.45) is 5.92 Å². The lowest BCUT2D eigenvalue weighted by Gasteiger charge is -2.37. The lowest BCUT2D eigenvalue weighted by atomic mass is 9.93. The fourth-order valence-electron chi connectivity index (χ4n) is 4.20. The van der Waals surface area contributed by atoms with Crippen LogP contribution in [-0.2, 0) is 4.79 Å². The van der Waals surface area contributed by atoms with E-state index in [1.165, 1.54) is 6.42 Å². The van der Waals surface area contributed by atoms with E-state index < -0.39 is 0 Å². The van der Waals surface area contributed by atoms with Gasteiger partial charge in [-0.15, -0.1) is 0 Å². The van der Waals surface area contributed by atoms with Gasteiger partial charge in [-0.1, -0.05) is 12.2 Å². The molecule has 1 aromatic carbocycles. The fourth-order valence-corrected chi connectivity index (χ4v) is 4.20. The molecule has 1 saturated heterocycles. The molecule has 2 aliphatic heterocycles. The molecule has 1 N–H and O–H groups in total. The number of nitrogens with one attached hydrogen (secondary N) is 1. The van der Waals surface area contributed by atoms with Crippen LogP contribution in [0.15, 0.2) is 30.4 Å². The topological polar surface area (TPSA) is 58.6 Å². The third-order valence-corrected chi connectivity index (χ3v) is 5.71. The van der Waals surface area contributed by atoms with E-state index in [0.29, 0.717) is 23.6 Å². The van der Waals surface area contributed by atoms with Gasteiger partial charge in [0.15, 0.2) is 0 Å². The molecule has 1 aliphatic carbocycles. The van der Waals surface area contributed by atoms with E-state index in [4.69, 9.17) is 4.74 Å². The molecule has 0 unspecified atom stereocenters. The Hall–Kier alpha value is -2.30. The van der Waals surface area contributed by atoms with E-state index >= 15 is 0 Å². The van der Waals surface area contributed by atoms with Gasteiger partial charge in [0.1, 0.15) is 5.75 Å². The number of fused-ring (bicyclic) bond motifs is 2. The normalized spacial score (nSPS) is 25.4. The number of carbonyl (C=O) groups excluding carboxylic acids is 2. The largest absolute Gasteiger partial charge is 0.493 e. The van der Waals surface area contributed by atoms with Crippen LogP contribution in [0.4, 0.5) is 5.69 Å². The van der Waals surface area contributed by atoms with Crippen molar-refractivity contribution in [1.82, 2.24) is 4.90 Å². The van der Waals surface area contributed by atoms with Gasteiger partial charge >= 0.3 is 0 Å². The molecule has 2 atom stereocenters. The van der Waals surface area contributed by atoms with E-state index in [1.807, 2.05) is 17.0 Å². The average Bonchev–Trinajstić information content (AvgIpc) is 2.68. The van der Waals surface area contributed by atoms with Gasteiger partial charge in [0.2, 0.25) is 5.91 Å². The first-order valence-corrected chi connectivity index (χ1v) is 9.76. The van der Waals surface area contributed by atoms with Crippen LogP contribution in [-0.4, -0.2) is 35.9 Å². The molecule has 0 aromatic heterocycles. The van der Waals surface area contributed by atoms with Gasteiger partial charge in [-0.05, 0) is 56.7 Å². The molecule has 2 heterocycles. The summed E-state index contributed by atoms with van der Waals surface area (Å²) in [7, 11) is 0. The molecule has 3 aliphatic rings. The number of allylic oxidation sites excluding steroid dienone is 2. The minimum Gasteiger partial charge on any atom is -0.493 e. The minimum absolute atomic E-state index is 0.0143. The number of carbonyl (C=O) groups is 2. The van der Waals surface area contributed by atoms with Gasteiger partial charge in [-0.3, -0.25) is 9.59 Å². The maximum Gasteiger partial charge on any atom is 0.257 e. The Morgan fingerprint density at radius 1 is 1.15 bits per heavy atom. The zero-order valence-electron chi connectivity index (χ0n) is 15.1. The van der Waals surface area contributed by atoms with Gasteiger partial charge in [-0.25, -0.2) is 0 Å². The standard InChI is InChI=1S/C21H26N2O3/c24-20(15-6-2-1-3-7-15)22-16-9-10-19-18(14-16)21(25)23-12-5-4-8-17(23)11-13-26-19/h1-2,9-10,14-15,17H,3-8,11-13H2,(H,22,24)/t15-,17+/m1/s1. The molecule has 0 spiro atoms. The van der Waals surface area contributed by atoms with Crippen LogP contribution in [0.25, 0.3) is 0 Å². The zero-order chi connectivity index (χ0) is 17.9. The highest BCUT2D eigenvalue weighted by atomic mass is 16.5. The summed E-state index contributed by atoms with van der Waals surface area (Å²) in [4.78, 5) is 27.6. The lowest BCUT2D eigenvalue weighted by Crippen LogP contribution is -2.45. The first-order chi connectivity index (χ1) is 12.7. The highest BCUT2D eigenvalue weighted by Gasteiger charge is 2.31. The van der Waals surface area contributed by atoms with Crippen molar-refractivity contribution < 1.29 is 14.3 Å². The second-order valence-corrected chi connectivity index (χ2v) is 7.47. The van der Waals surface area contributed by atoms with E-state index in [-0.39, 0.29) is 23.8 Å². The number of ether oxygens (including phenoxy) is 1. The molecule has 1 aromatic rings. The summed E-state index contributed by atoms with van der Waals surface area (Å²) in [6.45, 7) is 1.44. The number of piperidine rings is 1. The second kappa shape index (κ2) is 7.52. The third-order valence-electron chi connectivity index (χ3n) is 5.71. The number of anilines is 1. The molecule has 0 radical (unpaired) electrons. The smallest absolute Gasteiger partial charge is 0.257 e. The van der Waals surface area contributed by atoms with Crippen LogP contribution in [0.3, 0.4) is 0 Å². The Morgan fingerprint density at radius 3 is 2.92 bits per heavy atom. The average molecular weight is 354 g/mol. The first kappa shape index (κ1) is 17.1. The molecule has 0 bridgehead atoms. The predicted molar refractivity (Wildman–Crippen MR) is 100 cm³/mol. The van der Waals surface area contributed by atoms with Crippen molar-refractivity contribution in [1.29, 1.82) is 0 Å². The van der Waals surface area contributed by atoms with Crippen LogP contribution < -0.4 is 10.1 Å². The van der Waals surface area contributed by atoms with Crippen LogP contribution in [0.2, 0.25) is 0 Å². The fraction of sp³-hybridized carbons (Fsp3) is 0.524. The molecule has 2 amide bonds. The summed E-state index contributed by atoms with van der Waals surface area (Å²) in [5, 5.41) is 2.99. The predicted octanol–water partition coefficient (Wildman–Crippen LogP) is 3.76. The molecular weight excluding hydrogens is 328 g/mol. The summed E-state index contributed by atoms with van der Waals surface area (Å²) in [6, 6.07) is 5.70. The molecule has 4 rings (SSSR count). The number of hydrogen-bond acceptors (Lipinski definition) is 3. The van der Waals surface area contributed by atoms with Crippen LogP contribution >= 0.6 is 0 Å². The van der Waals surface area contributed by atoms with E-state index in [0.717, 1.165) is 45.1 Å². The highest BCUT2D eigenvalue weighted by Crippen LogP contribution is 2.31. The quantitative estimate of drug-likeness (QED) is 0.823. The summed E-state index contributed by atoms with van der Waals surface area (Å²) in [5.74, 6) is 0.698. The molecular formula is C21H26N2O3. The number of nitrogens with zero attached hydrogens (tertiary/aromatic N) is 1. The van der Waals surface area contributed by atoms with E-state index in [2.05, 4.69) is 17.5 Å². The summed E-state index contributed by atoms with van der Waals surface area (Å²) in [6.07, 6.45) is 11.0. The van der Waals surface area contributed by atoms with Crippen molar-refractivity contribution in [2.45, 2.75) is 51.0 Å². The Kier molecular flexibility index (Phi) is 4.96. The number of rotatable bonds is 2. The van der Waals surface area contributed by atoms with Crippen molar-refractivity contribution in [2.75, 3.05) is 18.5 Å². The van der Waals surface area contributed by atoms with Gasteiger partial charge in [0.25, 0.3) is 5.91 Å². The molecule has 5 heteroatoms. The SMILES string of the molecule is O=C(Nc1ccc2c(c1)C(=O)N1CCCC[C@H]1CCO2)[C@@H]1CC=CCC1. The lowest BCUT2D eigenvalue weighted by molar-refractivity contribution is -0.120. The van der Waals surface area contributed by atoms with Gasteiger partial charge in [-0.2, -0.15) is 0 Å². The molecule has 1 fully saturated rings. The van der Waals surface area contributed by atoms with Crippen molar-refractivity contribution in [3.05, 3.63) is 35.9 Å². The van der Waals surface area contributed by atoms with Gasteiger partial charge < -0.3 is 15.0 Å². The van der Waals surface area contributed by atoms with E-state index in [9.17, 15) is 9.59 Å². The maximum atomic E-state index is 13.1. The number of benzene rings is 1. The molecule has 26 heavy (non-hydrogen) atoms. The summed E-state index contributed by atoms with van der Waals surface area (Å²) >= 11 is 0. The monoisotopic (exact) mass is 354 g/mol. The van der Waals surface area contributed by atoms with Crippen LogP contribution in [0, 0.1) is 5.92 Å².